The molecule has 0 aromatic rings. The molecule has 6 nitrogen and oxygen atoms in total. The lowest BCUT2D eigenvalue weighted by Crippen LogP contribution is -2.42. The predicted molar refractivity (Wildman–Crippen MR) is 31.7 cm³/mol. The van der Waals surface area contributed by atoms with E-state index < -0.39 is 24.3 Å². The lowest BCUT2D eigenvalue weighted by atomic mass is 10.1. The fourth-order valence-corrected chi connectivity index (χ4v) is 0.413. The topological polar surface area (TPSA) is 115 Å². The van der Waals surface area contributed by atoms with Crippen LogP contribution in [0, 0.1) is 0 Å². The van der Waals surface area contributed by atoms with Gasteiger partial charge in [-0.3, -0.25) is 0 Å². The normalized spacial score (nSPS) is 18.5. The van der Waals surface area contributed by atoms with Crippen LogP contribution in [-0.4, -0.2) is 51.0 Å². The van der Waals surface area contributed by atoms with E-state index in [4.69, 9.17) is 20.4 Å². The molecule has 64 valence electrons. The van der Waals surface area contributed by atoms with Crippen molar-refractivity contribution in [3.63, 3.8) is 0 Å². The largest absolute Gasteiger partial charge is 0.479 e. The average molecular weight is 164 g/mol. The van der Waals surface area contributed by atoms with Gasteiger partial charge in [0.2, 0.25) is 0 Å². The fraction of sp³-hybridized carbons (Fsp3) is 0.600. The van der Waals surface area contributed by atoms with E-state index in [0.29, 0.717) is 0 Å². The first kappa shape index (κ1) is 10.0. The van der Waals surface area contributed by atoms with Crippen LogP contribution < -0.4 is 0 Å². The second-order valence-corrected chi connectivity index (χ2v) is 1.90. The first-order chi connectivity index (χ1) is 5.00. The van der Waals surface area contributed by atoms with Crippen LogP contribution in [0.1, 0.15) is 0 Å². The van der Waals surface area contributed by atoms with Crippen molar-refractivity contribution < 1.29 is 30.0 Å². The second-order valence-electron chi connectivity index (χ2n) is 1.90. The van der Waals surface area contributed by atoms with Gasteiger partial charge in [-0.1, -0.05) is 0 Å². The van der Waals surface area contributed by atoms with E-state index in [9.17, 15) is 9.59 Å². The molecule has 6 heteroatoms. The lowest BCUT2D eigenvalue weighted by Gasteiger charge is -2.14. The molecule has 0 aromatic heterocycles. The summed E-state index contributed by atoms with van der Waals surface area (Å²) in [4.78, 5) is 19.7. The Labute approximate surface area is 61.7 Å². The average Bonchev–Trinajstić information content (AvgIpc) is 2.00. The van der Waals surface area contributed by atoms with Gasteiger partial charge in [-0.2, -0.15) is 0 Å². The number of hydrogen-bond acceptors (Lipinski definition) is 5. The molecule has 0 saturated heterocycles. The monoisotopic (exact) mass is 164 g/mol. The number of aldehydes is 1. The zero-order valence-corrected chi connectivity index (χ0v) is 5.41. The number of aliphatic hydroxyl groups excluding tert-OH is 3. The van der Waals surface area contributed by atoms with Crippen molar-refractivity contribution in [2.45, 2.75) is 18.3 Å². The van der Waals surface area contributed by atoms with Gasteiger partial charge < -0.3 is 25.2 Å². The third-order valence-electron chi connectivity index (χ3n) is 1.07. The molecule has 0 unspecified atom stereocenters. The van der Waals surface area contributed by atoms with Crippen molar-refractivity contribution >= 4 is 12.3 Å². The van der Waals surface area contributed by atoms with Gasteiger partial charge in [-0.25, -0.2) is 4.79 Å². The minimum atomic E-state index is -2.14. The Morgan fingerprint density at radius 1 is 1.27 bits per heavy atom. The standard InChI is InChI=1S/C5H8O6/c6-1-2(7)3(8)4(9)5(10)11/h1-4,7-9H,(H,10,11)/t2-,3+,4-/m0/s1. The Balaban J connectivity index is 4.11. The number of carboxylic acids is 1. The second kappa shape index (κ2) is 4.02. The molecule has 4 N–H and O–H groups in total. The quantitative estimate of drug-likeness (QED) is 0.337. The van der Waals surface area contributed by atoms with Crippen LogP contribution in [0.2, 0.25) is 0 Å². The Bertz CT molecular complexity index is 155. The van der Waals surface area contributed by atoms with Crippen LogP contribution in [0.4, 0.5) is 0 Å². The van der Waals surface area contributed by atoms with Crippen molar-refractivity contribution in [3.05, 3.63) is 0 Å². The van der Waals surface area contributed by atoms with Gasteiger partial charge in [-0.05, 0) is 0 Å². The maximum atomic E-state index is 9.92. The Morgan fingerprint density at radius 3 is 2.00 bits per heavy atom. The van der Waals surface area contributed by atoms with Crippen LogP contribution >= 0.6 is 0 Å². The number of aliphatic carboxylic acids is 1. The van der Waals surface area contributed by atoms with E-state index in [0.717, 1.165) is 0 Å². The number of rotatable bonds is 4. The summed E-state index contributed by atoms with van der Waals surface area (Å²) in [6, 6.07) is 0. The first-order valence-electron chi connectivity index (χ1n) is 2.73. The highest BCUT2D eigenvalue weighted by Crippen LogP contribution is 1.97. The van der Waals surface area contributed by atoms with Crippen LogP contribution in [-0.2, 0) is 9.59 Å². The predicted octanol–water partition coefficient (Wildman–Crippen LogP) is -2.65. The summed E-state index contributed by atoms with van der Waals surface area (Å²) < 4.78 is 0. The van der Waals surface area contributed by atoms with Crippen LogP contribution in [0.5, 0.6) is 0 Å². The Morgan fingerprint density at radius 2 is 1.73 bits per heavy atom. The number of aliphatic hydroxyl groups is 3. The summed E-state index contributed by atoms with van der Waals surface area (Å²) in [5.74, 6) is -1.70. The molecule has 3 atom stereocenters. The molecule has 0 spiro atoms. The molecular weight excluding hydrogens is 156 g/mol. The highest BCUT2D eigenvalue weighted by atomic mass is 16.4. The van der Waals surface area contributed by atoms with Crippen molar-refractivity contribution in [2.75, 3.05) is 0 Å². The van der Waals surface area contributed by atoms with E-state index in [-0.39, 0.29) is 6.29 Å². The maximum absolute atomic E-state index is 9.92. The molecule has 0 aliphatic rings. The minimum absolute atomic E-state index is 0.0587. The van der Waals surface area contributed by atoms with Crippen LogP contribution in [0.25, 0.3) is 0 Å². The highest BCUT2D eigenvalue weighted by Gasteiger charge is 2.29. The van der Waals surface area contributed by atoms with E-state index in [1.807, 2.05) is 0 Å². The third kappa shape index (κ3) is 2.62. The number of carbonyl (C=O) groups is 2. The zero-order chi connectivity index (χ0) is 9.02. The van der Waals surface area contributed by atoms with Gasteiger partial charge in [0.25, 0.3) is 0 Å². The summed E-state index contributed by atoms with van der Waals surface area (Å²) in [5.41, 5.74) is 0. The summed E-state index contributed by atoms with van der Waals surface area (Å²) >= 11 is 0. The molecule has 0 radical (unpaired) electrons. The van der Waals surface area contributed by atoms with Gasteiger partial charge in [0.15, 0.2) is 12.4 Å². The summed E-state index contributed by atoms with van der Waals surface area (Å²) in [6.07, 6.45) is -6.06. The summed E-state index contributed by atoms with van der Waals surface area (Å²) in [5, 5.41) is 33.7. The van der Waals surface area contributed by atoms with E-state index in [1.165, 1.54) is 0 Å². The van der Waals surface area contributed by atoms with Gasteiger partial charge >= 0.3 is 5.97 Å². The molecule has 11 heavy (non-hydrogen) atoms. The minimum Gasteiger partial charge on any atom is -0.479 e. The molecular formula is C5H8O6. The van der Waals surface area contributed by atoms with E-state index >= 15 is 0 Å². The van der Waals surface area contributed by atoms with E-state index in [2.05, 4.69) is 0 Å². The first-order valence-corrected chi connectivity index (χ1v) is 2.73. The zero-order valence-electron chi connectivity index (χ0n) is 5.41. The van der Waals surface area contributed by atoms with Crippen molar-refractivity contribution in [2.24, 2.45) is 0 Å². The van der Waals surface area contributed by atoms with Crippen molar-refractivity contribution in [1.29, 1.82) is 0 Å². The summed E-state index contributed by atoms with van der Waals surface area (Å²) in [7, 11) is 0. The molecule has 0 rings (SSSR count). The molecule has 0 aliphatic heterocycles. The highest BCUT2D eigenvalue weighted by molar-refractivity contribution is 5.74. The van der Waals surface area contributed by atoms with Crippen LogP contribution in [0.15, 0.2) is 0 Å². The lowest BCUT2D eigenvalue weighted by molar-refractivity contribution is -0.158. The van der Waals surface area contributed by atoms with Crippen molar-refractivity contribution in [1.82, 2.24) is 0 Å². The third-order valence-corrected chi connectivity index (χ3v) is 1.07. The van der Waals surface area contributed by atoms with Gasteiger partial charge in [0, 0.05) is 0 Å². The molecule has 0 heterocycles. The smallest absolute Gasteiger partial charge is 0.335 e. The molecule has 0 bridgehead atoms. The van der Waals surface area contributed by atoms with Crippen LogP contribution in [0.3, 0.4) is 0 Å². The number of carboxylic acid groups (broad SMARTS) is 1. The van der Waals surface area contributed by atoms with Crippen molar-refractivity contribution in [3.8, 4) is 0 Å². The maximum Gasteiger partial charge on any atom is 0.335 e. The van der Waals surface area contributed by atoms with Gasteiger partial charge in [0.1, 0.15) is 12.2 Å². The Hall–Kier alpha value is -0.980. The number of carbonyl (C=O) groups excluding carboxylic acids is 1. The summed E-state index contributed by atoms with van der Waals surface area (Å²) in [6.45, 7) is 0. The molecule has 0 aliphatic carbocycles. The molecule has 0 amide bonds. The van der Waals surface area contributed by atoms with Gasteiger partial charge in [0.05, 0.1) is 0 Å². The molecule has 0 saturated carbocycles. The molecule has 0 fully saturated rings. The number of hydrogen-bond donors (Lipinski definition) is 4. The Kier molecular flexibility index (Phi) is 3.66. The molecule has 0 aromatic carbocycles. The van der Waals surface area contributed by atoms with Gasteiger partial charge in [-0.15, -0.1) is 0 Å². The fourth-order valence-electron chi connectivity index (χ4n) is 0.413. The van der Waals surface area contributed by atoms with E-state index in [1.54, 1.807) is 0 Å². The SMILES string of the molecule is O=C[C@H](O)[C@@H](O)[C@H](O)C(=O)O.